The minimum absolute atomic E-state index is 0.0190. The van der Waals surface area contributed by atoms with Crippen LogP contribution in [0.1, 0.15) is 23.3 Å². The van der Waals surface area contributed by atoms with Gasteiger partial charge in [-0.15, -0.1) is 0 Å². The molecule has 1 saturated heterocycles. The number of hydrogen-bond acceptors (Lipinski definition) is 3. The molecule has 4 nitrogen and oxygen atoms in total. The van der Waals surface area contributed by atoms with E-state index in [0.717, 1.165) is 25.9 Å². The van der Waals surface area contributed by atoms with Crippen LogP contribution < -0.4 is 5.32 Å². The Kier molecular flexibility index (Phi) is 3.53. The van der Waals surface area contributed by atoms with Crippen molar-refractivity contribution < 1.29 is 9.53 Å². The molecule has 15 heavy (non-hydrogen) atoms. The molecule has 0 aliphatic carbocycles. The van der Waals surface area contributed by atoms with Gasteiger partial charge in [0.1, 0.15) is 6.61 Å². The van der Waals surface area contributed by atoms with E-state index in [-0.39, 0.29) is 18.5 Å². The molecule has 0 bridgehead atoms. The smallest absolute Gasteiger partial charge is 0.204 e. The van der Waals surface area contributed by atoms with E-state index < -0.39 is 0 Å². The van der Waals surface area contributed by atoms with Gasteiger partial charge in [-0.2, -0.15) is 0 Å². The molecule has 0 amide bonds. The van der Waals surface area contributed by atoms with Crippen molar-refractivity contribution in [2.24, 2.45) is 0 Å². The van der Waals surface area contributed by atoms with Gasteiger partial charge in [-0.05, 0) is 31.5 Å². The van der Waals surface area contributed by atoms with Crippen molar-refractivity contribution in [3.63, 3.8) is 0 Å². The first-order valence-corrected chi connectivity index (χ1v) is 5.35. The zero-order chi connectivity index (χ0) is 10.5. The van der Waals surface area contributed by atoms with Crippen molar-refractivity contribution in [3.05, 3.63) is 24.0 Å². The van der Waals surface area contributed by atoms with Crippen molar-refractivity contribution in [2.75, 3.05) is 19.7 Å². The normalized spacial score (nSPS) is 21.5. The highest BCUT2D eigenvalue weighted by Gasteiger charge is 2.15. The molecule has 0 radical (unpaired) electrons. The lowest BCUT2D eigenvalue weighted by Crippen LogP contribution is -2.36. The Bertz CT molecular complexity index is 302. The molecule has 0 aromatic carbocycles. The maximum atomic E-state index is 11.6. The van der Waals surface area contributed by atoms with Crippen molar-refractivity contribution in [2.45, 2.75) is 18.9 Å². The number of Topliss-reactive ketones (excluding diaryl/α,β-unsaturated/α-hetero) is 1. The predicted molar refractivity (Wildman–Crippen MR) is 57.0 cm³/mol. The summed E-state index contributed by atoms with van der Waals surface area (Å²) in [5.74, 6) is 0.0190. The van der Waals surface area contributed by atoms with Gasteiger partial charge >= 0.3 is 0 Å². The van der Waals surface area contributed by atoms with Gasteiger partial charge in [-0.3, -0.25) is 4.79 Å². The number of hydrogen-bond donors (Lipinski definition) is 2. The fourth-order valence-electron chi connectivity index (χ4n) is 1.74. The van der Waals surface area contributed by atoms with Gasteiger partial charge in [0.05, 0.1) is 11.8 Å². The largest absolute Gasteiger partial charge is 0.369 e. The third-order valence-corrected chi connectivity index (χ3v) is 2.60. The number of ether oxygens (including phenoxy) is 1. The zero-order valence-electron chi connectivity index (χ0n) is 8.66. The van der Waals surface area contributed by atoms with Crippen LogP contribution in [0.3, 0.4) is 0 Å². The first kappa shape index (κ1) is 10.4. The summed E-state index contributed by atoms with van der Waals surface area (Å²) < 4.78 is 5.54. The molecule has 0 saturated carbocycles. The van der Waals surface area contributed by atoms with Crippen LogP contribution in [0.5, 0.6) is 0 Å². The standard InChI is InChI=1S/C11H16N2O2/c14-11(10-4-2-6-13-10)8-15-9-3-1-5-12-7-9/h2,4,6,9,12-13H,1,3,5,7-8H2/t9-/m0/s1. The number of ketones is 1. The van der Waals surface area contributed by atoms with Gasteiger partial charge in [-0.25, -0.2) is 0 Å². The number of rotatable bonds is 4. The molecule has 1 aromatic rings. The van der Waals surface area contributed by atoms with E-state index in [9.17, 15) is 4.79 Å². The lowest BCUT2D eigenvalue weighted by atomic mass is 10.1. The van der Waals surface area contributed by atoms with E-state index in [1.165, 1.54) is 0 Å². The molecular formula is C11H16N2O2. The van der Waals surface area contributed by atoms with Crippen LogP contribution in [0, 0.1) is 0 Å². The number of aromatic nitrogens is 1. The fraction of sp³-hybridized carbons (Fsp3) is 0.545. The molecular weight excluding hydrogens is 192 g/mol. The third-order valence-electron chi connectivity index (χ3n) is 2.60. The molecule has 1 aliphatic rings. The van der Waals surface area contributed by atoms with Gasteiger partial charge in [0, 0.05) is 12.7 Å². The summed E-state index contributed by atoms with van der Waals surface area (Å²) in [5.41, 5.74) is 0.624. The third kappa shape index (κ3) is 2.91. The molecule has 2 N–H and O–H groups in total. The number of piperidine rings is 1. The Morgan fingerprint density at radius 3 is 3.20 bits per heavy atom. The molecule has 0 unspecified atom stereocenters. The Morgan fingerprint density at radius 2 is 2.53 bits per heavy atom. The van der Waals surface area contributed by atoms with Gasteiger partial charge in [0.15, 0.2) is 0 Å². The average Bonchev–Trinajstić information content (AvgIpc) is 2.81. The van der Waals surface area contributed by atoms with E-state index in [0.29, 0.717) is 5.69 Å². The van der Waals surface area contributed by atoms with Gasteiger partial charge in [0.25, 0.3) is 0 Å². The van der Waals surface area contributed by atoms with Gasteiger partial charge in [-0.1, -0.05) is 0 Å². The number of nitrogens with one attached hydrogen (secondary N) is 2. The molecule has 0 spiro atoms. The van der Waals surface area contributed by atoms with Crippen LogP contribution in [0.4, 0.5) is 0 Å². The summed E-state index contributed by atoms with van der Waals surface area (Å²) in [6, 6.07) is 3.58. The maximum absolute atomic E-state index is 11.6. The minimum Gasteiger partial charge on any atom is -0.369 e. The highest BCUT2D eigenvalue weighted by atomic mass is 16.5. The lowest BCUT2D eigenvalue weighted by molar-refractivity contribution is 0.0345. The summed E-state index contributed by atoms with van der Waals surface area (Å²) >= 11 is 0. The van der Waals surface area contributed by atoms with Crippen molar-refractivity contribution in [1.29, 1.82) is 0 Å². The second-order valence-corrected chi connectivity index (χ2v) is 3.79. The Hall–Kier alpha value is -1.13. The first-order chi connectivity index (χ1) is 7.36. The molecule has 2 heterocycles. The van der Waals surface area contributed by atoms with E-state index in [4.69, 9.17) is 4.74 Å². The SMILES string of the molecule is O=C(CO[C@H]1CCCNC1)c1ccc[nH]1. The van der Waals surface area contributed by atoms with Crippen molar-refractivity contribution >= 4 is 5.78 Å². The molecule has 1 fully saturated rings. The van der Waals surface area contributed by atoms with Crippen LogP contribution in [0.15, 0.2) is 18.3 Å². The van der Waals surface area contributed by atoms with Crippen LogP contribution in [-0.2, 0) is 4.74 Å². The quantitative estimate of drug-likeness (QED) is 0.725. The van der Waals surface area contributed by atoms with Crippen LogP contribution in [0.25, 0.3) is 0 Å². The van der Waals surface area contributed by atoms with Crippen LogP contribution in [-0.4, -0.2) is 36.6 Å². The first-order valence-electron chi connectivity index (χ1n) is 5.35. The van der Waals surface area contributed by atoms with Gasteiger partial charge < -0.3 is 15.0 Å². The lowest BCUT2D eigenvalue weighted by Gasteiger charge is -2.22. The average molecular weight is 208 g/mol. The zero-order valence-corrected chi connectivity index (χ0v) is 8.66. The second kappa shape index (κ2) is 5.09. The molecule has 4 heteroatoms. The fourth-order valence-corrected chi connectivity index (χ4v) is 1.74. The highest BCUT2D eigenvalue weighted by Crippen LogP contribution is 2.06. The molecule has 1 atom stereocenters. The second-order valence-electron chi connectivity index (χ2n) is 3.79. The van der Waals surface area contributed by atoms with Crippen molar-refractivity contribution in [3.8, 4) is 0 Å². The summed E-state index contributed by atoms with van der Waals surface area (Å²) in [5, 5.41) is 3.25. The molecule has 1 aliphatic heterocycles. The topological polar surface area (TPSA) is 54.1 Å². The predicted octanol–water partition coefficient (Wildman–Crippen LogP) is 0.966. The molecule has 2 rings (SSSR count). The minimum atomic E-state index is 0.0190. The van der Waals surface area contributed by atoms with E-state index >= 15 is 0 Å². The monoisotopic (exact) mass is 208 g/mol. The van der Waals surface area contributed by atoms with Crippen molar-refractivity contribution in [1.82, 2.24) is 10.3 Å². The Balaban J connectivity index is 1.75. The Morgan fingerprint density at radius 1 is 1.60 bits per heavy atom. The van der Waals surface area contributed by atoms with E-state index in [1.807, 2.05) is 6.07 Å². The number of aromatic amines is 1. The number of carbonyl (C=O) groups excluding carboxylic acids is 1. The number of H-pyrrole nitrogens is 1. The van der Waals surface area contributed by atoms with Gasteiger partial charge in [0.2, 0.25) is 5.78 Å². The maximum Gasteiger partial charge on any atom is 0.204 e. The highest BCUT2D eigenvalue weighted by molar-refractivity contribution is 5.95. The number of carbonyl (C=O) groups is 1. The summed E-state index contributed by atoms with van der Waals surface area (Å²) in [4.78, 5) is 14.5. The summed E-state index contributed by atoms with van der Waals surface area (Å²) in [6.45, 7) is 2.09. The van der Waals surface area contributed by atoms with Crippen LogP contribution in [0.2, 0.25) is 0 Å². The van der Waals surface area contributed by atoms with Crippen LogP contribution >= 0.6 is 0 Å². The molecule has 82 valence electrons. The summed E-state index contributed by atoms with van der Waals surface area (Å²) in [6.07, 6.45) is 4.11. The Labute approximate surface area is 89.0 Å². The summed E-state index contributed by atoms with van der Waals surface area (Å²) in [7, 11) is 0. The van der Waals surface area contributed by atoms with E-state index in [2.05, 4.69) is 10.3 Å². The molecule has 1 aromatic heterocycles. The van der Waals surface area contributed by atoms with E-state index in [1.54, 1.807) is 12.3 Å².